The Labute approximate surface area is 147 Å². The fourth-order valence-corrected chi connectivity index (χ4v) is 5.26. The number of allylic oxidation sites excluding steroid dienone is 4. The molecule has 0 aromatic carbocycles. The number of carbonyl (C=O) groups is 2. The summed E-state index contributed by atoms with van der Waals surface area (Å²) in [6.07, 6.45) is 7.30. The zero-order chi connectivity index (χ0) is 17.4. The first-order chi connectivity index (χ1) is 11.5. The van der Waals surface area contributed by atoms with Gasteiger partial charge in [0.25, 0.3) is 0 Å². The minimum absolute atomic E-state index is 0.319. The van der Waals surface area contributed by atoms with E-state index in [2.05, 4.69) is 21.6 Å². The molecule has 4 N–H and O–H groups in total. The summed E-state index contributed by atoms with van der Waals surface area (Å²) >= 11 is 0. The predicted octanol–water partition coefficient (Wildman–Crippen LogP) is 1.51. The summed E-state index contributed by atoms with van der Waals surface area (Å²) in [5, 5.41) is 8.42. The Bertz CT molecular complexity index is 500. The monoisotopic (exact) mass is 372 g/mol. The molecule has 0 saturated carbocycles. The van der Waals surface area contributed by atoms with Crippen molar-refractivity contribution in [3.8, 4) is 0 Å². The van der Waals surface area contributed by atoms with Crippen molar-refractivity contribution in [3.63, 3.8) is 0 Å². The second-order valence-corrected chi connectivity index (χ2v) is 9.45. The van der Waals surface area contributed by atoms with Gasteiger partial charge in [-0.15, -0.1) is 0 Å². The second kappa shape index (κ2) is 9.73. The van der Waals surface area contributed by atoms with Crippen LogP contribution in [-0.4, -0.2) is 35.9 Å². The van der Waals surface area contributed by atoms with E-state index in [9.17, 15) is 9.59 Å². The molecule has 2 heterocycles. The zero-order valence-corrected chi connectivity index (χ0v) is 15.1. The minimum atomic E-state index is -1.09. The van der Waals surface area contributed by atoms with E-state index in [4.69, 9.17) is 20.9 Å². The zero-order valence-electron chi connectivity index (χ0n) is 13.3. The number of hydrogen-bond acceptors (Lipinski definition) is 6. The van der Waals surface area contributed by atoms with Crippen LogP contribution >= 0.6 is 21.8 Å². The molecule has 0 amide bonds. The van der Waals surface area contributed by atoms with Gasteiger partial charge >= 0.3 is 11.9 Å². The first-order valence-electron chi connectivity index (χ1n) is 7.69. The van der Waals surface area contributed by atoms with Crippen molar-refractivity contribution in [3.05, 3.63) is 45.9 Å². The molecular formula is C16H24N2O4S2. The van der Waals surface area contributed by atoms with Crippen LogP contribution in [0, 0.1) is 0 Å². The Balaban J connectivity index is 1.62. The van der Waals surface area contributed by atoms with Crippen LogP contribution in [0.2, 0.25) is 0 Å². The molecule has 8 heteroatoms. The summed E-state index contributed by atoms with van der Waals surface area (Å²) < 4.78 is 9.81. The number of nitrogens with two attached hydrogens (primary N) is 2. The van der Waals surface area contributed by atoms with E-state index in [0.29, 0.717) is 12.8 Å². The smallest absolute Gasteiger partial charge is 0.419 e. The number of thiol groups is 2. The summed E-state index contributed by atoms with van der Waals surface area (Å²) in [6.45, 7) is 0. The molecule has 2 aliphatic rings. The van der Waals surface area contributed by atoms with Crippen molar-refractivity contribution in [2.75, 3.05) is 11.5 Å². The van der Waals surface area contributed by atoms with Crippen molar-refractivity contribution < 1.29 is 19.1 Å². The topological polar surface area (TPSA) is 105 Å². The standard InChI is InChI=1S/C16H24N2O4S2/c17-13(5-11-23-7-1-2-8-23)21-15(19)16(20)22-14(18)6-12-24-9-3-4-10-24/h1-4,7-10,13-14,23-24H,5-6,11-12,17-18H2. The van der Waals surface area contributed by atoms with E-state index in [-0.39, 0.29) is 21.8 Å². The normalized spacial score (nSPS) is 20.4. The van der Waals surface area contributed by atoms with Crippen LogP contribution in [-0.2, 0) is 19.1 Å². The summed E-state index contributed by atoms with van der Waals surface area (Å²) in [6, 6.07) is 0. The van der Waals surface area contributed by atoms with Gasteiger partial charge < -0.3 is 9.47 Å². The summed E-state index contributed by atoms with van der Waals surface area (Å²) in [7, 11) is -0.639. The Hall–Kier alpha value is -1.48. The third-order valence-corrected chi connectivity index (χ3v) is 7.13. The van der Waals surface area contributed by atoms with Gasteiger partial charge in [-0.3, -0.25) is 11.5 Å². The number of ether oxygens (including phenoxy) is 2. The fraction of sp³-hybridized carbons (Fsp3) is 0.375. The lowest BCUT2D eigenvalue weighted by atomic mass is 10.4. The van der Waals surface area contributed by atoms with Crippen molar-refractivity contribution >= 4 is 33.7 Å². The molecule has 0 radical (unpaired) electrons. The average molecular weight is 373 g/mol. The first-order valence-corrected chi connectivity index (χ1v) is 11.0. The molecule has 24 heavy (non-hydrogen) atoms. The van der Waals surface area contributed by atoms with Crippen molar-refractivity contribution in [2.45, 2.75) is 25.3 Å². The van der Waals surface area contributed by atoms with Crippen LogP contribution in [0.4, 0.5) is 0 Å². The third kappa shape index (κ3) is 6.56. The molecular weight excluding hydrogens is 348 g/mol. The summed E-state index contributed by atoms with van der Waals surface area (Å²) in [5.41, 5.74) is 11.5. The molecule has 0 aromatic heterocycles. The predicted molar refractivity (Wildman–Crippen MR) is 102 cm³/mol. The van der Waals surface area contributed by atoms with Crippen molar-refractivity contribution in [1.82, 2.24) is 0 Å². The highest BCUT2D eigenvalue weighted by atomic mass is 32.2. The summed E-state index contributed by atoms with van der Waals surface area (Å²) in [5.74, 6) is -0.546. The largest absolute Gasteiger partial charge is 0.438 e. The molecule has 2 rings (SSSR count). The second-order valence-electron chi connectivity index (χ2n) is 5.31. The summed E-state index contributed by atoms with van der Waals surface area (Å²) in [4.78, 5) is 23.3. The van der Waals surface area contributed by atoms with Crippen LogP contribution in [0.25, 0.3) is 0 Å². The van der Waals surface area contributed by atoms with Gasteiger partial charge in [-0.2, -0.15) is 0 Å². The molecule has 134 valence electrons. The fourth-order valence-electron chi connectivity index (χ4n) is 2.08. The van der Waals surface area contributed by atoms with Crippen LogP contribution in [0.5, 0.6) is 0 Å². The molecule has 0 aromatic rings. The Kier molecular flexibility index (Phi) is 7.64. The number of carbonyl (C=O) groups excluding carboxylic acids is 2. The molecule has 2 unspecified atom stereocenters. The molecule has 0 spiro atoms. The molecule has 0 aliphatic carbocycles. The van der Waals surface area contributed by atoms with E-state index in [1.807, 2.05) is 24.3 Å². The molecule has 0 bridgehead atoms. The van der Waals surface area contributed by atoms with Crippen LogP contribution < -0.4 is 11.5 Å². The lowest BCUT2D eigenvalue weighted by Gasteiger charge is -2.17. The molecule has 2 atom stereocenters. The first kappa shape index (κ1) is 18.9. The van der Waals surface area contributed by atoms with E-state index in [0.717, 1.165) is 11.5 Å². The van der Waals surface area contributed by atoms with Gasteiger partial charge in [0, 0.05) is 12.8 Å². The number of esters is 2. The lowest BCUT2D eigenvalue weighted by molar-refractivity contribution is -0.173. The number of hydrogen-bond donors (Lipinski definition) is 4. The highest BCUT2D eigenvalue weighted by molar-refractivity contribution is 8.22. The molecule has 0 fully saturated rings. The number of rotatable bonds is 8. The highest BCUT2D eigenvalue weighted by Gasteiger charge is 2.23. The van der Waals surface area contributed by atoms with Crippen molar-refractivity contribution in [2.24, 2.45) is 11.5 Å². The van der Waals surface area contributed by atoms with Crippen molar-refractivity contribution in [1.29, 1.82) is 0 Å². The molecule has 6 nitrogen and oxygen atoms in total. The molecule has 0 saturated heterocycles. The van der Waals surface area contributed by atoms with Gasteiger partial charge in [-0.1, -0.05) is 24.3 Å². The van der Waals surface area contributed by atoms with Crippen LogP contribution in [0.15, 0.2) is 45.9 Å². The van der Waals surface area contributed by atoms with E-state index < -0.39 is 24.4 Å². The van der Waals surface area contributed by atoms with Crippen LogP contribution in [0.3, 0.4) is 0 Å². The minimum Gasteiger partial charge on any atom is -0.438 e. The lowest BCUT2D eigenvalue weighted by Crippen LogP contribution is -2.36. The van der Waals surface area contributed by atoms with Gasteiger partial charge in [0.05, 0.1) is 0 Å². The van der Waals surface area contributed by atoms with E-state index in [1.165, 1.54) is 0 Å². The Morgan fingerprint density at radius 1 is 0.750 bits per heavy atom. The third-order valence-electron chi connectivity index (χ3n) is 3.36. The van der Waals surface area contributed by atoms with Gasteiger partial charge in [0.15, 0.2) is 12.5 Å². The highest BCUT2D eigenvalue weighted by Crippen LogP contribution is 2.34. The maximum absolute atomic E-state index is 11.7. The maximum atomic E-state index is 11.7. The van der Waals surface area contributed by atoms with E-state index in [1.54, 1.807) is 0 Å². The maximum Gasteiger partial charge on any atom is 0.419 e. The Morgan fingerprint density at radius 3 is 1.42 bits per heavy atom. The SMILES string of the molecule is NC(CC[SH]1C=CC=C1)OC(=O)C(=O)OC(N)CC[SH]1C=CC=C1. The van der Waals surface area contributed by atoms with Crippen LogP contribution in [0.1, 0.15) is 12.8 Å². The Morgan fingerprint density at radius 2 is 1.08 bits per heavy atom. The molecule has 2 aliphatic heterocycles. The van der Waals surface area contributed by atoms with Gasteiger partial charge in [-0.05, 0) is 33.1 Å². The average Bonchev–Trinajstić information content (AvgIpc) is 3.24. The quantitative estimate of drug-likeness (QED) is 0.223. The van der Waals surface area contributed by atoms with Gasteiger partial charge in [0.2, 0.25) is 0 Å². The van der Waals surface area contributed by atoms with Gasteiger partial charge in [-0.25, -0.2) is 31.4 Å². The van der Waals surface area contributed by atoms with E-state index >= 15 is 0 Å². The van der Waals surface area contributed by atoms with Gasteiger partial charge in [0.1, 0.15) is 0 Å².